The number of thiophene rings is 2. The number of hydrogen-bond donors (Lipinski definition) is 0. The molecule has 2 heterocycles. The molecule has 7 rings (SSSR count). The van der Waals surface area contributed by atoms with Gasteiger partial charge in [0.05, 0.1) is 0 Å². The van der Waals surface area contributed by atoms with Crippen LogP contribution in [0.15, 0.2) is 132 Å². The summed E-state index contributed by atoms with van der Waals surface area (Å²) in [5.74, 6) is 13.7. The van der Waals surface area contributed by atoms with Crippen molar-refractivity contribution in [1.29, 1.82) is 0 Å². The first-order chi connectivity index (χ1) is 19.8. The van der Waals surface area contributed by atoms with Crippen molar-refractivity contribution < 1.29 is 0 Å². The van der Waals surface area contributed by atoms with E-state index in [1.807, 2.05) is 0 Å². The summed E-state index contributed by atoms with van der Waals surface area (Å²) in [5.41, 5.74) is 6.59. The van der Waals surface area contributed by atoms with Crippen LogP contribution in [0.2, 0.25) is 0 Å². The van der Waals surface area contributed by atoms with E-state index in [2.05, 4.69) is 156 Å². The van der Waals surface area contributed by atoms with Crippen LogP contribution in [-0.4, -0.2) is 0 Å². The lowest BCUT2D eigenvalue weighted by Crippen LogP contribution is -1.82. The van der Waals surface area contributed by atoms with Gasteiger partial charge in [0.1, 0.15) is 0 Å². The molecule has 0 aliphatic heterocycles. The van der Waals surface area contributed by atoms with Crippen molar-refractivity contribution in [3.8, 4) is 44.6 Å². The number of fused-ring (bicyclic) bond motifs is 2. The Kier molecular flexibility index (Phi) is 6.49. The molecular weight excluding hydrogens is 521 g/mol. The fraction of sp³-hybridized carbons (Fsp3) is 0. The average Bonchev–Trinajstić information content (AvgIpc) is 3.69. The normalized spacial score (nSPS) is 10.6. The van der Waals surface area contributed by atoms with Crippen LogP contribution in [0.4, 0.5) is 0 Å². The zero-order chi connectivity index (χ0) is 26.7. The summed E-state index contributed by atoms with van der Waals surface area (Å²) < 4.78 is 0. The molecule has 2 aromatic heterocycles. The van der Waals surface area contributed by atoms with Gasteiger partial charge in [-0.1, -0.05) is 121 Å². The Bertz CT molecular complexity index is 1950. The maximum absolute atomic E-state index is 3.44. The summed E-state index contributed by atoms with van der Waals surface area (Å²) in [6.45, 7) is 0. The monoisotopic (exact) mass is 542 g/mol. The molecule has 0 radical (unpaired) electrons. The van der Waals surface area contributed by atoms with Gasteiger partial charge in [0.2, 0.25) is 0 Å². The third kappa shape index (κ3) is 4.72. The summed E-state index contributed by atoms with van der Waals surface area (Å²) in [6.07, 6.45) is 0. The smallest absolute Gasteiger partial charge is 0.0499 e. The number of hydrogen-bond acceptors (Lipinski definition) is 2. The average molecular weight is 543 g/mol. The molecule has 0 saturated heterocycles. The van der Waals surface area contributed by atoms with Crippen molar-refractivity contribution in [2.75, 3.05) is 0 Å². The Morgan fingerprint density at radius 1 is 0.350 bits per heavy atom. The quantitative estimate of drug-likeness (QED) is 0.191. The minimum Gasteiger partial charge on any atom is -0.142 e. The second-order valence-corrected chi connectivity index (χ2v) is 11.3. The van der Waals surface area contributed by atoms with Crippen LogP contribution in [-0.2, 0) is 0 Å². The predicted molar refractivity (Wildman–Crippen MR) is 173 cm³/mol. The van der Waals surface area contributed by atoms with Crippen LogP contribution in [0.25, 0.3) is 42.4 Å². The molecule has 0 aliphatic rings. The van der Waals surface area contributed by atoms with E-state index in [1.54, 1.807) is 22.7 Å². The minimum atomic E-state index is 1.06. The number of benzene rings is 5. The molecule has 0 N–H and O–H groups in total. The van der Waals surface area contributed by atoms with Gasteiger partial charge in [0.25, 0.3) is 0 Å². The maximum atomic E-state index is 3.44. The van der Waals surface area contributed by atoms with E-state index >= 15 is 0 Å². The molecule has 0 nitrogen and oxygen atoms in total. The van der Waals surface area contributed by atoms with Crippen molar-refractivity contribution in [1.82, 2.24) is 0 Å². The maximum Gasteiger partial charge on any atom is 0.0499 e. The SMILES string of the molecule is C(#Cc1cccc2ccccc12)c1ccsc1-c1ccc(-c2sccc2C#Cc2cccc3ccccc23)cc1. The van der Waals surface area contributed by atoms with Crippen LogP contribution in [0.3, 0.4) is 0 Å². The van der Waals surface area contributed by atoms with E-state index < -0.39 is 0 Å². The molecule has 40 heavy (non-hydrogen) atoms. The van der Waals surface area contributed by atoms with Gasteiger partial charge in [-0.3, -0.25) is 0 Å². The van der Waals surface area contributed by atoms with Gasteiger partial charge >= 0.3 is 0 Å². The van der Waals surface area contributed by atoms with Crippen LogP contribution in [0.1, 0.15) is 22.3 Å². The van der Waals surface area contributed by atoms with Crippen molar-refractivity contribution >= 4 is 44.2 Å². The zero-order valence-corrected chi connectivity index (χ0v) is 23.2. The van der Waals surface area contributed by atoms with Gasteiger partial charge < -0.3 is 0 Å². The Labute approximate surface area is 242 Å². The molecule has 0 saturated carbocycles. The van der Waals surface area contributed by atoms with Crippen LogP contribution < -0.4 is 0 Å². The molecule has 0 aliphatic carbocycles. The summed E-state index contributed by atoms with van der Waals surface area (Å²) in [5, 5.41) is 9.05. The van der Waals surface area contributed by atoms with E-state index in [0.717, 1.165) is 22.3 Å². The lowest BCUT2D eigenvalue weighted by molar-refractivity contribution is 1.65. The van der Waals surface area contributed by atoms with E-state index in [4.69, 9.17) is 0 Å². The Balaban J connectivity index is 1.17. The lowest BCUT2D eigenvalue weighted by atomic mass is 10.0. The molecule has 0 fully saturated rings. The number of rotatable bonds is 2. The molecule has 5 aromatic carbocycles. The van der Waals surface area contributed by atoms with Crippen LogP contribution in [0, 0.1) is 23.7 Å². The van der Waals surface area contributed by atoms with Crippen LogP contribution >= 0.6 is 22.7 Å². The van der Waals surface area contributed by atoms with Crippen molar-refractivity contribution in [2.45, 2.75) is 0 Å². The van der Waals surface area contributed by atoms with Crippen molar-refractivity contribution in [2.24, 2.45) is 0 Å². The van der Waals surface area contributed by atoms with E-state index in [-0.39, 0.29) is 0 Å². The molecular formula is C38H22S2. The van der Waals surface area contributed by atoms with Gasteiger partial charge in [-0.05, 0) is 67.7 Å². The highest BCUT2D eigenvalue weighted by Crippen LogP contribution is 2.34. The Morgan fingerprint density at radius 3 is 1.23 bits per heavy atom. The van der Waals surface area contributed by atoms with E-state index in [9.17, 15) is 0 Å². The van der Waals surface area contributed by atoms with E-state index in [0.29, 0.717) is 0 Å². The van der Waals surface area contributed by atoms with Gasteiger partial charge in [0, 0.05) is 32.0 Å². The van der Waals surface area contributed by atoms with Crippen molar-refractivity contribution in [3.63, 3.8) is 0 Å². The third-order valence-electron chi connectivity index (χ3n) is 6.98. The summed E-state index contributed by atoms with van der Waals surface area (Å²) >= 11 is 3.46. The Hall–Kier alpha value is -4.86. The van der Waals surface area contributed by atoms with Crippen LogP contribution in [0.5, 0.6) is 0 Å². The zero-order valence-electron chi connectivity index (χ0n) is 21.5. The van der Waals surface area contributed by atoms with Gasteiger partial charge in [-0.25, -0.2) is 0 Å². The van der Waals surface area contributed by atoms with Gasteiger partial charge in [-0.15, -0.1) is 22.7 Å². The first-order valence-electron chi connectivity index (χ1n) is 13.1. The second-order valence-electron chi connectivity index (χ2n) is 9.46. The molecule has 186 valence electrons. The summed E-state index contributed by atoms with van der Waals surface area (Å²) in [7, 11) is 0. The van der Waals surface area contributed by atoms with Gasteiger partial charge in [0.15, 0.2) is 0 Å². The molecule has 0 atom stereocenters. The van der Waals surface area contributed by atoms with Gasteiger partial charge in [-0.2, -0.15) is 0 Å². The standard InChI is InChI=1S/C38H22S2/c1-3-13-35-27(7-1)9-5-11-29(35)15-17-33-23-25-39-37(33)31-19-21-32(22-20-31)38-34(24-26-40-38)18-16-30-12-6-10-28-8-2-4-14-36(28)30/h1-14,19-26H. The Morgan fingerprint density at radius 2 is 0.750 bits per heavy atom. The fourth-order valence-corrected chi connectivity index (χ4v) is 6.69. The first kappa shape index (κ1) is 24.2. The third-order valence-corrected chi connectivity index (χ3v) is 8.91. The molecule has 0 unspecified atom stereocenters. The lowest BCUT2D eigenvalue weighted by Gasteiger charge is -2.04. The highest BCUT2D eigenvalue weighted by atomic mass is 32.1. The van der Waals surface area contributed by atoms with E-state index in [1.165, 1.54) is 42.4 Å². The molecule has 0 bridgehead atoms. The molecule has 7 aromatic rings. The summed E-state index contributed by atoms with van der Waals surface area (Å²) in [6, 6.07) is 42.4. The minimum absolute atomic E-state index is 1.06. The molecule has 2 heteroatoms. The predicted octanol–water partition coefficient (Wildman–Crippen LogP) is 10.2. The topological polar surface area (TPSA) is 0 Å². The highest BCUT2D eigenvalue weighted by molar-refractivity contribution is 7.14. The first-order valence-corrected chi connectivity index (χ1v) is 14.8. The molecule has 0 amide bonds. The molecule has 0 spiro atoms. The van der Waals surface area contributed by atoms with Crippen molar-refractivity contribution in [3.05, 3.63) is 154 Å². The second kappa shape index (κ2) is 10.7. The highest BCUT2D eigenvalue weighted by Gasteiger charge is 2.09. The largest absolute Gasteiger partial charge is 0.142 e. The fourth-order valence-electron chi connectivity index (χ4n) is 4.97. The summed E-state index contributed by atoms with van der Waals surface area (Å²) in [4.78, 5) is 2.39.